The number of piperazine rings is 1. The molecule has 1 aromatic carbocycles. The van der Waals surface area contributed by atoms with Crippen molar-refractivity contribution in [2.24, 2.45) is 0 Å². The topological polar surface area (TPSA) is 24.5 Å². The fourth-order valence-electron chi connectivity index (χ4n) is 2.38. The molecule has 8 heteroatoms. The molecule has 1 aliphatic heterocycles. The quantitative estimate of drug-likeness (QED) is 0.672. The van der Waals surface area contributed by atoms with Crippen molar-refractivity contribution < 1.29 is 22.3 Å². The maximum Gasteiger partial charge on any atom is 0.573 e. The van der Waals surface area contributed by atoms with Gasteiger partial charge in [-0.25, -0.2) is 4.39 Å². The van der Waals surface area contributed by atoms with E-state index in [1.165, 1.54) is 6.08 Å². The summed E-state index contributed by atoms with van der Waals surface area (Å²) in [5.41, 5.74) is 0.133. The van der Waals surface area contributed by atoms with E-state index in [4.69, 9.17) is 0 Å². The van der Waals surface area contributed by atoms with Gasteiger partial charge in [-0.15, -0.1) is 32.2 Å². The zero-order valence-electron chi connectivity index (χ0n) is 11.7. The summed E-state index contributed by atoms with van der Waals surface area (Å²) in [6.07, 6.45) is -3.27. The third-order valence-electron chi connectivity index (χ3n) is 3.29. The van der Waals surface area contributed by atoms with Gasteiger partial charge in [0, 0.05) is 31.7 Å². The van der Waals surface area contributed by atoms with E-state index in [1.807, 2.05) is 4.90 Å². The largest absolute Gasteiger partial charge is 0.573 e. The SMILES string of the molecule is C=C[C@H](c1cc(OC(F)(F)F)ccc1F)N1CCNCC1.Cl. The van der Waals surface area contributed by atoms with Crippen LogP contribution in [0.3, 0.4) is 0 Å². The Hall–Kier alpha value is -1.31. The number of hydrogen-bond donors (Lipinski definition) is 1. The fourth-order valence-corrected chi connectivity index (χ4v) is 2.38. The van der Waals surface area contributed by atoms with Crippen LogP contribution in [-0.4, -0.2) is 37.4 Å². The molecule has 1 aromatic rings. The van der Waals surface area contributed by atoms with E-state index >= 15 is 0 Å². The molecule has 1 aliphatic rings. The summed E-state index contributed by atoms with van der Waals surface area (Å²) in [6, 6.07) is 2.54. The van der Waals surface area contributed by atoms with E-state index < -0.39 is 24.0 Å². The van der Waals surface area contributed by atoms with Crippen LogP contribution in [0.2, 0.25) is 0 Å². The van der Waals surface area contributed by atoms with Crippen LogP contribution in [0.25, 0.3) is 0 Å². The van der Waals surface area contributed by atoms with Gasteiger partial charge in [0.1, 0.15) is 11.6 Å². The molecule has 0 bridgehead atoms. The summed E-state index contributed by atoms with van der Waals surface area (Å²) in [7, 11) is 0. The van der Waals surface area contributed by atoms with Gasteiger partial charge in [0.05, 0.1) is 6.04 Å². The lowest BCUT2D eigenvalue weighted by Gasteiger charge is -2.33. The van der Waals surface area contributed by atoms with Crippen molar-refractivity contribution in [1.29, 1.82) is 0 Å². The standard InChI is InChI=1S/C14H16F4N2O.ClH/c1-2-13(20-7-5-19-6-8-20)11-9-10(3-4-12(11)15)21-14(16,17)18;/h2-4,9,13,19H,1,5-8H2;1H/t13-;/m1./s1. The Bertz CT molecular complexity index is 504. The summed E-state index contributed by atoms with van der Waals surface area (Å²) >= 11 is 0. The van der Waals surface area contributed by atoms with Crippen molar-refractivity contribution in [3.8, 4) is 5.75 Å². The van der Waals surface area contributed by atoms with Crippen molar-refractivity contribution >= 4 is 12.4 Å². The lowest BCUT2D eigenvalue weighted by molar-refractivity contribution is -0.274. The van der Waals surface area contributed by atoms with Gasteiger partial charge in [0.2, 0.25) is 0 Å². The van der Waals surface area contributed by atoms with Gasteiger partial charge in [-0.05, 0) is 18.2 Å². The van der Waals surface area contributed by atoms with E-state index in [9.17, 15) is 17.6 Å². The first-order valence-electron chi connectivity index (χ1n) is 6.53. The second-order valence-electron chi connectivity index (χ2n) is 4.70. The van der Waals surface area contributed by atoms with Gasteiger partial charge in [0.15, 0.2) is 0 Å². The monoisotopic (exact) mass is 340 g/mol. The zero-order chi connectivity index (χ0) is 15.5. The van der Waals surface area contributed by atoms with E-state index in [0.29, 0.717) is 13.1 Å². The van der Waals surface area contributed by atoms with Gasteiger partial charge in [-0.2, -0.15) is 0 Å². The Morgan fingerprint density at radius 2 is 1.91 bits per heavy atom. The van der Waals surface area contributed by atoms with Gasteiger partial charge in [0.25, 0.3) is 0 Å². The highest BCUT2D eigenvalue weighted by Gasteiger charge is 2.32. The second kappa shape index (κ2) is 7.80. The predicted molar refractivity (Wildman–Crippen MR) is 77.7 cm³/mol. The highest BCUT2D eigenvalue weighted by molar-refractivity contribution is 5.85. The van der Waals surface area contributed by atoms with E-state index in [2.05, 4.69) is 16.6 Å². The highest BCUT2D eigenvalue weighted by atomic mass is 35.5. The van der Waals surface area contributed by atoms with Crippen LogP contribution >= 0.6 is 12.4 Å². The Morgan fingerprint density at radius 3 is 2.45 bits per heavy atom. The second-order valence-corrected chi connectivity index (χ2v) is 4.70. The van der Waals surface area contributed by atoms with Gasteiger partial charge in [-0.1, -0.05) is 6.08 Å². The molecule has 2 rings (SSSR count). The molecule has 0 aromatic heterocycles. The lowest BCUT2D eigenvalue weighted by Crippen LogP contribution is -2.44. The number of nitrogens with one attached hydrogen (secondary N) is 1. The van der Waals surface area contributed by atoms with Crippen molar-refractivity contribution in [2.45, 2.75) is 12.4 Å². The molecular weight excluding hydrogens is 324 g/mol. The van der Waals surface area contributed by atoms with Crippen molar-refractivity contribution in [3.63, 3.8) is 0 Å². The molecule has 22 heavy (non-hydrogen) atoms. The third-order valence-corrected chi connectivity index (χ3v) is 3.29. The predicted octanol–water partition coefficient (Wildman–Crippen LogP) is 3.28. The minimum Gasteiger partial charge on any atom is -0.406 e. The summed E-state index contributed by atoms with van der Waals surface area (Å²) in [6.45, 7) is 6.48. The molecule has 0 aliphatic carbocycles. The van der Waals surface area contributed by atoms with Crippen LogP contribution in [0.5, 0.6) is 5.75 Å². The molecule has 1 saturated heterocycles. The van der Waals surface area contributed by atoms with Crippen molar-refractivity contribution in [1.82, 2.24) is 10.2 Å². The molecule has 124 valence electrons. The van der Waals surface area contributed by atoms with Crippen molar-refractivity contribution in [2.75, 3.05) is 26.2 Å². The molecule has 1 atom stereocenters. The average molecular weight is 341 g/mol. The average Bonchev–Trinajstić information content (AvgIpc) is 2.43. The Kier molecular flexibility index (Phi) is 6.65. The maximum absolute atomic E-state index is 14.0. The van der Waals surface area contributed by atoms with Crippen LogP contribution in [0, 0.1) is 5.82 Å². The number of alkyl halides is 3. The Labute approximate surface area is 132 Å². The molecule has 0 unspecified atom stereocenters. The normalized spacial score (nSPS) is 17.5. The molecule has 0 radical (unpaired) electrons. The summed E-state index contributed by atoms with van der Waals surface area (Å²) in [5, 5.41) is 3.16. The number of hydrogen-bond acceptors (Lipinski definition) is 3. The summed E-state index contributed by atoms with van der Waals surface area (Å²) in [5.74, 6) is -1.01. The zero-order valence-corrected chi connectivity index (χ0v) is 12.5. The van der Waals surface area contributed by atoms with E-state index in [1.54, 1.807) is 0 Å². The first-order valence-corrected chi connectivity index (χ1v) is 6.53. The molecular formula is C14H17ClF4N2O. The molecule has 1 N–H and O–H groups in total. The first kappa shape index (κ1) is 18.7. The number of halogens is 5. The van der Waals surface area contributed by atoms with Gasteiger partial charge in [-0.3, -0.25) is 4.90 Å². The molecule has 1 fully saturated rings. The molecule has 3 nitrogen and oxygen atoms in total. The van der Waals surface area contributed by atoms with Gasteiger partial charge < -0.3 is 10.1 Å². The molecule has 0 amide bonds. The van der Waals surface area contributed by atoms with E-state index in [0.717, 1.165) is 31.3 Å². The summed E-state index contributed by atoms with van der Waals surface area (Å²) in [4.78, 5) is 1.96. The van der Waals surface area contributed by atoms with E-state index in [-0.39, 0.29) is 18.0 Å². The first-order chi connectivity index (χ1) is 9.90. The van der Waals surface area contributed by atoms with Crippen molar-refractivity contribution in [3.05, 3.63) is 42.2 Å². The lowest BCUT2D eigenvalue weighted by atomic mass is 10.0. The number of ether oxygens (including phenoxy) is 1. The van der Waals surface area contributed by atoms with Crippen LogP contribution in [-0.2, 0) is 0 Å². The molecule has 1 heterocycles. The summed E-state index contributed by atoms with van der Waals surface area (Å²) < 4.78 is 54.6. The minimum atomic E-state index is -4.80. The number of benzene rings is 1. The highest BCUT2D eigenvalue weighted by Crippen LogP contribution is 2.30. The number of nitrogens with zero attached hydrogens (tertiary/aromatic N) is 1. The van der Waals surface area contributed by atoms with Crippen LogP contribution in [0.1, 0.15) is 11.6 Å². The van der Waals surface area contributed by atoms with Crippen LogP contribution in [0.4, 0.5) is 17.6 Å². The third kappa shape index (κ3) is 4.86. The van der Waals surface area contributed by atoms with Crippen LogP contribution in [0.15, 0.2) is 30.9 Å². The maximum atomic E-state index is 14.0. The molecule has 0 spiro atoms. The van der Waals surface area contributed by atoms with Gasteiger partial charge >= 0.3 is 6.36 Å². The smallest absolute Gasteiger partial charge is 0.406 e. The fraction of sp³-hybridized carbons (Fsp3) is 0.429. The minimum absolute atomic E-state index is 0. The number of rotatable bonds is 4. The molecule has 0 saturated carbocycles. The Balaban J connectivity index is 0.00000242. The van der Waals surface area contributed by atoms with Crippen LogP contribution < -0.4 is 10.1 Å². The Morgan fingerprint density at radius 1 is 1.27 bits per heavy atom.